The first-order valence-electron chi connectivity index (χ1n) is 3.78. The molecule has 5 nitrogen and oxygen atoms in total. The minimum atomic E-state index is -1.09. The maximum atomic E-state index is 11.2. The van der Waals surface area contributed by atoms with E-state index in [9.17, 15) is 9.59 Å². The summed E-state index contributed by atoms with van der Waals surface area (Å²) in [6.07, 6.45) is -1.09. The highest BCUT2D eigenvalue weighted by Crippen LogP contribution is 2.14. The summed E-state index contributed by atoms with van der Waals surface area (Å²) >= 11 is 3.18. The monoisotopic (exact) mass is 252 g/mol. The van der Waals surface area contributed by atoms with Crippen molar-refractivity contribution in [1.82, 2.24) is 10.6 Å². The molecule has 0 aromatic carbocycles. The zero-order valence-electron chi connectivity index (χ0n) is 7.56. The third-order valence-corrected chi connectivity index (χ3v) is 1.59. The first kappa shape index (κ1) is 12.2. The number of hydrogen-bond acceptors (Lipinski definition) is 2. The molecule has 0 aromatic heterocycles. The van der Waals surface area contributed by atoms with E-state index in [1.165, 1.54) is 0 Å². The molecule has 76 valence electrons. The summed E-state index contributed by atoms with van der Waals surface area (Å²) in [5.74, 6) is -0.167. The molecule has 13 heavy (non-hydrogen) atoms. The SMILES string of the molecule is CC(C)(Br)C(=O)NCCNC(=O)O. The van der Waals surface area contributed by atoms with E-state index in [1.807, 2.05) is 0 Å². The third kappa shape index (κ3) is 6.39. The van der Waals surface area contributed by atoms with Crippen LogP contribution >= 0.6 is 15.9 Å². The molecule has 0 bridgehead atoms. The van der Waals surface area contributed by atoms with Gasteiger partial charge in [0.1, 0.15) is 0 Å². The number of carbonyl (C=O) groups is 2. The summed E-state index contributed by atoms with van der Waals surface area (Å²) in [5, 5.41) is 12.9. The van der Waals surface area contributed by atoms with Gasteiger partial charge in [-0.2, -0.15) is 0 Å². The lowest BCUT2D eigenvalue weighted by Crippen LogP contribution is -2.41. The molecule has 0 aromatic rings. The van der Waals surface area contributed by atoms with Crippen LogP contribution in [0.3, 0.4) is 0 Å². The van der Waals surface area contributed by atoms with E-state index in [2.05, 4.69) is 26.6 Å². The molecule has 6 heteroatoms. The van der Waals surface area contributed by atoms with E-state index in [0.29, 0.717) is 6.54 Å². The van der Waals surface area contributed by atoms with Crippen molar-refractivity contribution in [2.45, 2.75) is 18.2 Å². The molecule has 0 spiro atoms. The van der Waals surface area contributed by atoms with Crippen molar-refractivity contribution in [3.63, 3.8) is 0 Å². The Morgan fingerprint density at radius 2 is 1.77 bits per heavy atom. The fourth-order valence-corrected chi connectivity index (χ4v) is 0.696. The summed E-state index contributed by atoms with van der Waals surface area (Å²) in [4.78, 5) is 21.2. The van der Waals surface area contributed by atoms with E-state index in [1.54, 1.807) is 13.8 Å². The highest BCUT2D eigenvalue weighted by atomic mass is 79.9. The van der Waals surface area contributed by atoms with Gasteiger partial charge in [0.25, 0.3) is 0 Å². The normalized spacial score (nSPS) is 10.7. The maximum absolute atomic E-state index is 11.2. The standard InChI is InChI=1S/C7H13BrN2O3/c1-7(2,8)5(11)9-3-4-10-6(12)13/h10H,3-4H2,1-2H3,(H,9,11)(H,12,13). The Morgan fingerprint density at radius 3 is 2.15 bits per heavy atom. The van der Waals surface area contributed by atoms with Crippen molar-refractivity contribution in [2.75, 3.05) is 13.1 Å². The number of carbonyl (C=O) groups excluding carboxylic acids is 1. The Kier molecular flexibility index (Phi) is 4.76. The van der Waals surface area contributed by atoms with Gasteiger partial charge in [0.05, 0.1) is 4.32 Å². The summed E-state index contributed by atoms with van der Waals surface area (Å²) in [5.41, 5.74) is 0. The topological polar surface area (TPSA) is 78.4 Å². The number of amides is 2. The fraction of sp³-hybridized carbons (Fsp3) is 0.714. The molecule has 0 aliphatic carbocycles. The molecule has 0 saturated carbocycles. The summed E-state index contributed by atoms with van der Waals surface area (Å²) in [6.45, 7) is 3.93. The minimum absolute atomic E-state index is 0.167. The molecule has 0 unspecified atom stereocenters. The minimum Gasteiger partial charge on any atom is -0.465 e. The maximum Gasteiger partial charge on any atom is 0.404 e. The first-order valence-corrected chi connectivity index (χ1v) is 4.57. The Bertz CT molecular complexity index is 200. The molecular weight excluding hydrogens is 240 g/mol. The van der Waals surface area contributed by atoms with Crippen molar-refractivity contribution in [1.29, 1.82) is 0 Å². The van der Waals surface area contributed by atoms with E-state index < -0.39 is 10.4 Å². The molecule has 0 aliphatic rings. The van der Waals surface area contributed by atoms with Crippen LogP contribution in [0.5, 0.6) is 0 Å². The molecule has 3 N–H and O–H groups in total. The van der Waals surface area contributed by atoms with Gasteiger partial charge in [0.15, 0.2) is 0 Å². The Labute approximate surface area is 85.0 Å². The van der Waals surface area contributed by atoms with E-state index >= 15 is 0 Å². The van der Waals surface area contributed by atoms with Gasteiger partial charge in [-0.3, -0.25) is 4.79 Å². The average molecular weight is 253 g/mol. The van der Waals surface area contributed by atoms with E-state index in [-0.39, 0.29) is 12.5 Å². The summed E-state index contributed by atoms with van der Waals surface area (Å²) in [7, 11) is 0. The van der Waals surface area contributed by atoms with Crippen LogP contribution in [0.1, 0.15) is 13.8 Å². The van der Waals surface area contributed by atoms with Crippen molar-refractivity contribution in [2.24, 2.45) is 0 Å². The first-order chi connectivity index (χ1) is 5.84. The second-order valence-electron chi connectivity index (χ2n) is 2.96. The van der Waals surface area contributed by atoms with Crippen molar-refractivity contribution < 1.29 is 14.7 Å². The van der Waals surface area contributed by atoms with E-state index in [0.717, 1.165) is 0 Å². The predicted octanol–water partition coefficient (Wildman–Crippen LogP) is 0.544. The van der Waals surface area contributed by atoms with Gasteiger partial charge in [-0.1, -0.05) is 15.9 Å². The van der Waals surface area contributed by atoms with Crippen molar-refractivity contribution in [3.05, 3.63) is 0 Å². The molecule has 0 heterocycles. The molecule has 0 saturated heterocycles. The highest BCUT2D eigenvalue weighted by molar-refractivity contribution is 9.10. The Morgan fingerprint density at radius 1 is 1.31 bits per heavy atom. The number of rotatable bonds is 4. The number of nitrogens with one attached hydrogen (secondary N) is 2. The second-order valence-corrected chi connectivity index (χ2v) is 4.94. The lowest BCUT2D eigenvalue weighted by Gasteiger charge is -2.15. The zero-order valence-corrected chi connectivity index (χ0v) is 9.14. The smallest absolute Gasteiger partial charge is 0.404 e. The predicted molar refractivity (Wildman–Crippen MR) is 52.0 cm³/mol. The summed E-state index contributed by atoms with van der Waals surface area (Å²) < 4.78 is -0.615. The van der Waals surface area contributed by atoms with Gasteiger partial charge >= 0.3 is 6.09 Å². The highest BCUT2D eigenvalue weighted by Gasteiger charge is 2.22. The van der Waals surface area contributed by atoms with Crippen LogP contribution in [0.15, 0.2) is 0 Å². The van der Waals surface area contributed by atoms with Crippen molar-refractivity contribution in [3.8, 4) is 0 Å². The van der Waals surface area contributed by atoms with Gasteiger partial charge < -0.3 is 15.7 Å². The number of alkyl halides is 1. The van der Waals surface area contributed by atoms with Crippen LogP contribution in [0, 0.1) is 0 Å². The Balaban J connectivity index is 3.55. The van der Waals surface area contributed by atoms with Crippen LogP contribution in [0.25, 0.3) is 0 Å². The van der Waals surface area contributed by atoms with Crippen LogP contribution in [-0.2, 0) is 4.79 Å². The molecule has 0 atom stereocenters. The van der Waals surface area contributed by atoms with Crippen LogP contribution in [-0.4, -0.2) is 34.5 Å². The molecule has 0 radical (unpaired) electrons. The molecule has 0 aliphatic heterocycles. The largest absolute Gasteiger partial charge is 0.465 e. The van der Waals surface area contributed by atoms with E-state index in [4.69, 9.17) is 5.11 Å². The second kappa shape index (κ2) is 5.06. The van der Waals surface area contributed by atoms with Gasteiger partial charge in [0, 0.05) is 13.1 Å². The molecule has 0 rings (SSSR count). The van der Waals surface area contributed by atoms with Gasteiger partial charge in [-0.15, -0.1) is 0 Å². The third-order valence-electron chi connectivity index (χ3n) is 1.23. The molecular formula is C7H13BrN2O3. The number of carboxylic acid groups (broad SMARTS) is 1. The zero-order chi connectivity index (χ0) is 10.5. The van der Waals surface area contributed by atoms with Crippen LogP contribution in [0.4, 0.5) is 4.79 Å². The van der Waals surface area contributed by atoms with Crippen LogP contribution < -0.4 is 10.6 Å². The van der Waals surface area contributed by atoms with Crippen molar-refractivity contribution >= 4 is 27.9 Å². The van der Waals surface area contributed by atoms with Gasteiger partial charge in [0.2, 0.25) is 5.91 Å². The van der Waals surface area contributed by atoms with Gasteiger partial charge in [-0.25, -0.2) is 4.79 Å². The molecule has 0 fully saturated rings. The average Bonchev–Trinajstić information content (AvgIpc) is 1.95. The van der Waals surface area contributed by atoms with Gasteiger partial charge in [-0.05, 0) is 13.8 Å². The quantitative estimate of drug-likeness (QED) is 0.505. The number of hydrogen-bond donors (Lipinski definition) is 3. The lowest BCUT2D eigenvalue weighted by atomic mass is 10.2. The summed E-state index contributed by atoms with van der Waals surface area (Å²) in [6, 6.07) is 0. The lowest BCUT2D eigenvalue weighted by molar-refractivity contribution is -0.122. The molecule has 2 amide bonds. The van der Waals surface area contributed by atoms with Crippen LogP contribution in [0.2, 0.25) is 0 Å². The number of halogens is 1. The Hall–Kier alpha value is -0.780. The fourth-order valence-electron chi connectivity index (χ4n) is 0.556.